The van der Waals surface area contributed by atoms with Crippen molar-refractivity contribution in [3.05, 3.63) is 18.2 Å². The van der Waals surface area contributed by atoms with Gasteiger partial charge in [0.1, 0.15) is 12.4 Å². The number of nitrogens with two attached hydrogens (primary N) is 1. The first kappa shape index (κ1) is 11.1. The third-order valence-electron chi connectivity index (χ3n) is 1.68. The van der Waals surface area contributed by atoms with Crippen LogP contribution < -0.4 is 5.73 Å². The molecule has 0 saturated heterocycles. The molecule has 0 saturated carbocycles. The number of aromatic nitrogens is 2. The van der Waals surface area contributed by atoms with E-state index in [1.165, 1.54) is 12.4 Å². The number of imidazole rings is 1. The molecule has 6 heteroatoms. The van der Waals surface area contributed by atoms with E-state index in [-0.39, 0.29) is 12.4 Å². The molecule has 0 amide bonds. The summed E-state index contributed by atoms with van der Waals surface area (Å²) in [7, 11) is 0. The van der Waals surface area contributed by atoms with Gasteiger partial charge in [-0.05, 0) is 13.0 Å². The zero-order valence-corrected chi connectivity index (χ0v) is 7.70. The second kappa shape index (κ2) is 5.66. The van der Waals surface area contributed by atoms with Crippen molar-refractivity contribution >= 4 is 0 Å². The summed E-state index contributed by atoms with van der Waals surface area (Å²) >= 11 is 0. The summed E-state index contributed by atoms with van der Waals surface area (Å²) in [5, 5.41) is 0. The minimum atomic E-state index is -2.56. The average Bonchev–Trinajstić information content (AvgIpc) is 2.60. The zero-order chi connectivity index (χ0) is 10.4. The number of hydrogen-bond donors (Lipinski definition) is 1. The van der Waals surface area contributed by atoms with Crippen LogP contribution in [0.5, 0.6) is 0 Å². The highest BCUT2D eigenvalue weighted by Crippen LogP contribution is 2.12. The van der Waals surface area contributed by atoms with Crippen LogP contribution in [0.1, 0.15) is 18.8 Å². The third kappa shape index (κ3) is 3.04. The monoisotopic (exact) mass is 205 g/mol. The fraction of sp³-hybridized carbons (Fsp3) is 0.625. The molecule has 0 aliphatic heterocycles. The number of hydrogen-bond acceptors (Lipinski definition) is 3. The Bertz CT molecular complexity index is 265. The lowest BCUT2D eigenvalue weighted by atomic mass is 10.5. The van der Waals surface area contributed by atoms with Gasteiger partial charge in [-0.2, -0.15) is 8.78 Å². The molecule has 0 spiro atoms. The third-order valence-corrected chi connectivity index (χ3v) is 1.68. The maximum Gasteiger partial charge on any atom is 0.320 e. The second-order valence-electron chi connectivity index (χ2n) is 2.72. The highest BCUT2D eigenvalue weighted by atomic mass is 19.3. The predicted molar refractivity (Wildman–Crippen MR) is 46.8 cm³/mol. The van der Waals surface area contributed by atoms with E-state index in [1.54, 1.807) is 0 Å². The fourth-order valence-electron chi connectivity index (χ4n) is 0.982. The number of nitrogens with zero attached hydrogens (tertiary/aromatic N) is 2. The van der Waals surface area contributed by atoms with Crippen molar-refractivity contribution in [3.63, 3.8) is 0 Å². The molecule has 14 heavy (non-hydrogen) atoms. The highest BCUT2D eigenvalue weighted by Gasteiger charge is 2.10. The summed E-state index contributed by atoms with van der Waals surface area (Å²) < 4.78 is 30.5. The van der Waals surface area contributed by atoms with Gasteiger partial charge in [-0.15, -0.1) is 0 Å². The maximum atomic E-state index is 12.3. The van der Waals surface area contributed by atoms with Crippen LogP contribution in [0.15, 0.2) is 12.4 Å². The fourth-order valence-corrected chi connectivity index (χ4v) is 0.982. The molecule has 4 nitrogen and oxygen atoms in total. The molecule has 80 valence electrons. The van der Waals surface area contributed by atoms with Gasteiger partial charge in [-0.3, -0.25) is 4.57 Å². The smallest absolute Gasteiger partial charge is 0.320 e. The van der Waals surface area contributed by atoms with E-state index in [4.69, 9.17) is 10.5 Å². The first-order valence-corrected chi connectivity index (χ1v) is 4.33. The van der Waals surface area contributed by atoms with Crippen molar-refractivity contribution in [1.82, 2.24) is 9.55 Å². The molecule has 0 fully saturated rings. The van der Waals surface area contributed by atoms with Crippen LogP contribution in [0.3, 0.4) is 0 Å². The van der Waals surface area contributed by atoms with Crippen LogP contribution in [-0.4, -0.2) is 22.7 Å². The topological polar surface area (TPSA) is 53.1 Å². The van der Waals surface area contributed by atoms with Crippen molar-refractivity contribution in [3.8, 4) is 0 Å². The Kier molecular flexibility index (Phi) is 4.48. The van der Waals surface area contributed by atoms with E-state index >= 15 is 0 Å². The lowest BCUT2D eigenvalue weighted by molar-refractivity contribution is 0.0521. The Morgan fingerprint density at radius 2 is 2.36 bits per heavy atom. The number of rotatable bonds is 6. The maximum absolute atomic E-state index is 12.3. The molecule has 0 aromatic carbocycles. The van der Waals surface area contributed by atoms with Gasteiger partial charge in [0, 0.05) is 19.0 Å². The van der Waals surface area contributed by atoms with E-state index in [9.17, 15) is 8.78 Å². The Hall–Kier alpha value is -1.01. The normalized spacial score (nSPS) is 11.1. The Morgan fingerprint density at radius 1 is 1.57 bits per heavy atom. The van der Waals surface area contributed by atoms with Gasteiger partial charge in [0.2, 0.25) is 0 Å². The SMILES string of the molecule is NCCCOCc1nccn1C(F)F. The van der Waals surface area contributed by atoms with Gasteiger partial charge < -0.3 is 10.5 Å². The van der Waals surface area contributed by atoms with Crippen LogP contribution in [-0.2, 0) is 11.3 Å². The van der Waals surface area contributed by atoms with Crippen LogP contribution in [0.4, 0.5) is 8.78 Å². The van der Waals surface area contributed by atoms with E-state index in [0.29, 0.717) is 13.2 Å². The predicted octanol–water partition coefficient (Wildman–Crippen LogP) is 1.14. The average molecular weight is 205 g/mol. The molecule has 0 atom stereocenters. The summed E-state index contributed by atoms with van der Waals surface area (Å²) in [4.78, 5) is 3.76. The molecule has 0 bridgehead atoms. The molecule has 0 radical (unpaired) electrons. The lowest BCUT2D eigenvalue weighted by Crippen LogP contribution is -2.08. The van der Waals surface area contributed by atoms with E-state index < -0.39 is 6.55 Å². The molecule has 1 aromatic rings. The highest BCUT2D eigenvalue weighted by molar-refractivity contribution is 4.90. The first-order chi connectivity index (χ1) is 6.75. The van der Waals surface area contributed by atoms with Gasteiger partial charge in [0.15, 0.2) is 0 Å². The molecule has 2 N–H and O–H groups in total. The minimum absolute atomic E-state index is 0.0946. The number of halogens is 2. The van der Waals surface area contributed by atoms with Crippen LogP contribution in [0.25, 0.3) is 0 Å². The molecule has 0 aliphatic carbocycles. The lowest BCUT2D eigenvalue weighted by Gasteiger charge is -2.06. The zero-order valence-electron chi connectivity index (χ0n) is 7.70. The van der Waals surface area contributed by atoms with Gasteiger partial charge in [0.25, 0.3) is 0 Å². The second-order valence-corrected chi connectivity index (χ2v) is 2.72. The van der Waals surface area contributed by atoms with Crippen molar-refractivity contribution in [2.75, 3.05) is 13.2 Å². The van der Waals surface area contributed by atoms with E-state index in [1.807, 2.05) is 0 Å². The standard InChI is InChI=1S/C8H13F2N3O/c9-8(10)13-4-3-12-7(13)6-14-5-1-2-11/h3-4,8H,1-2,5-6,11H2. The van der Waals surface area contributed by atoms with Crippen LogP contribution in [0, 0.1) is 0 Å². The molecule has 1 rings (SSSR count). The van der Waals surface area contributed by atoms with Gasteiger partial charge in [-0.1, -0.05) is 0 Å². The van der Waals surface area contributed by atoms with E-state index in [2.05, 4.69) is 4.98 Å². The molecule has 0 unspecified atom stereocenters. The summed E-state index contributed by atoms with van der Waals surface area (Å²) in [5.74, 6) is 0.233. The van der Waals surface area contributed by atoms with Crippen molar-refractivity contribution in [1.29, 1.82) is 0 Å². The van der Waals surface area contributed by atoms with Crippen molar-refractivity contribution < 1.29 is 13.5 Å². The van der Waals surface area contributed by atoms with Gasteiger partial charge >= 0.3 is 6.55 Å². The summed E-state index contributed by atoms with van der Waals surface area (Å²) in [6, 6.07) is 0. The summed E-state index contributed by atoms with van der Waals surface area (Å²) in [6.07, 6.45) is 3.27. The van der Waals surface area contributed by atoms with Crippen molar-refractivity contribution in [2.24, 2.45) is 5.73 Å². The first-order valence-electron chi connectivity index (χ1n) is 4.33. The van der Waals surface area contributed by atoms with Crippen molar-refractivity contribution in [2.45, 2.75) is 19.6 Å². The Morgan fingerprint density at radius 3 is 3.00 bits per heavy atom. The van der Waals surface area contributed by atoms with Crippen LogP contribution >= 0.6 is 0 Å². The quantitative estimate of drug-likeness (QED) is 0.708. The molecular formula is C8H13F2N3O. The van der Waals surface area contributed by atoms with Gasteiger partial charge in [-0.25, -0.2) is 4.98 Å². The molecule has 0 aliphatic rings. The van der Waals surface area contributed by atoms with E-state index in [0.717, 1.165) is 11.0 Å². The summed E-state index contributed by atoms with van der Waals surface area (Å²) in [6.45, 7) is -1.47. The molecule has 1 heterocycles. The van der Waals surface area contributed by atoms with Gasteiger partial charge in [0.05, 0.1) is 0 Å². The van der Waals surface area contributed by atoms with Crippen LogP contribution in [0.2, 0.25) is 0 Å². The largest absolute Gasteiger partial charge is 0.373 e. The Balaban J connectivity index is 2.38. The number of ether oxygens (including phenoxy) is 1. The summed E-state index contributed by atoms with van der Waals surface area (Å²) in [5.41, 5.74) is 5.25. The Labute approximate surface area is 80.7 Å². The minimum Gasteiger partial charge on any atom is -0.373 e. The molecule has 1 aromatic heterocycles. The number of alkyl halides is 2. The molecular weight excluding hydrogens is 192 g/mol.